The van der Waals surface area contributed by atoms with Crippen molar-refractivity contribution < 1.29 is 4.52 Å². The van der Waals surface area contributed by atoms with Crippen molar-refractivity contribution in [2.75, 3.05) is 0 Å². The minimum Gasteiger partial charge on any atom is -0.361 e. The van der Waals surface area contributed by atoms with Gasteiger partial charge in [-0.15, -0.1) is 0 Å². The number of aryl methyl sites for hydroxylation is 4. The maximum atomic E-state index is 5.23. The van der Waals surface area contributed by atoms with Crippen LogP contribution in [0.15, 0.2) is 23.1 Å². The van der Waals surface area contributed by atoms with Gasteiger partial charge < -0.3 is 14.1 Å². The molecule has 0 fully saturated rings. The van der Waals surface area contributed by atoms with Crippen molar-refractivity contribution in [3.8, 4) is 11.5 Å². The predicted octanol–water partition coefficient (Wildman–Crippen LogP) is 3.85. The van der Waals surface area contributed by atoms with Crippen LogP contribution in [0, 0.1) is 13.8 Å². The molecule has 0 unspecified atom stereocenters. The number of hydrogen-bond donors (Lipinski definition) is 1. The Morgan fingerprint density at radius 1 is 1.17 bits per heavy atom. The Bertz CT molecular complexity index is 764. The van der Waals surface area contributed by atoms with Crippen molar-refractivity contribution in [1.29, 1.82) is 0 Å². The molecule has 0 bridgehead atoms. The molecule has 0 saturated heterocycles. The van der Waals surface area contributed by atoms with Crippen LogP contribution in [0.2, 0.25) is 0 Å². The Morgan fingerprint density at radius 2 is 2.04 bits per heavy atom. The second kappa shape index (κ2) is 7.47. The highest BCUT2D eigenvalue weighted by Crippen LogP contribution is 2.18. The molecule has 0 aromatic carbocycles. The molecule has 3 aromatic rings. The Morgan fingerprint density at radius 3 is 2.79 bits per heavy atom. The minimum atomic E-state index is 0.905. The first-order chi connectivity index (χ1) is 11.7. The van der Waals surface area contributed by atoms with Gasteiger partial charge >= 0.3 is 0 Å². The third-order valence-electron chi connectivity index (χ3n) is 4.36. The summed E-state index contributed by atoms with van der Waals surface area (Å²) in [5.74, 6) is 2.91. The van der Waals surface area contributed by atoms with Crippen LogP contribution in [0.3, 0.4) is 0 Å². The van der Waals surface area contributed by atoms with Crippen LogP contribution in [-0.4, -0.2) is 24.7 Å². The van der Waals surface area contributed by atoms with Crippen LogP contribution < -0.4 is 0 Å². The fourth-order valence-electron chi connectivity index (χ4n) is 2.97. The topological polar surface area (TPSA) is 72.5 Å². The number of nitrogens with one attached hydrogen (secondary N) is 1. The first-order valence-corrected chi connectivity index (χ1v) is 8.66. The third kappa shape index (κ3) is 3.58. The van der Waals surface area contributed by atoms with Gasteiger partial charge in [0.1, 0.15) is 17.3 Å². The van der Waals surface area contributed by atoms with E-state index < -0.39 is 0 Å². The molecule has 0 amide bonds. The summed E-state index contributed by atoms with van der Waals surface area (Å²) < 4.78 is 7.40. The Hall–Kier alpha value is -2.37. The van der Waals surface area contributed by atoms with Gasteiger partial charge in [0.25, 0.3) is 0 Å². The second-order valence-electron chi connectivity index (χ2n) is 6.20. The van der Waals surface area contributed by atoms with E-state index in [-0.39, 0.29) is 0 Å². The maximum Gasteiger partial charge on any atom is 0.158 e. The zero-order valence-corrected chi connectivity index (χ0v) is 14.7. The number of nitrogens with zero attached hydrogens (tertiary/aromatic N) is 4. The van der Waals surface area contributed by atoms with E-state index >= 15 is 0 Å². The Labute approximate surface area is 142 Å². The van der Waals surface area contributed by atoms with Crippen molar-refractivity contribution in [1.82, 2.24) is 24.7 Å². The molecule has 6 nitrogen and oxygen atoms in total. The highest BCUT2D eigenvalue weighted by molar-refractivity contribution is 5.48. The summed E-state index contributed by atoms with van der Waals surface area (Å²) in [6.45, 7) is 7.07. The Balaban J connectivity index is 1.64. The molecule has 0 saturated carbocycles. The number of hydrogen-bond acceptors (Lipinski definition) is 4. The van der Waals surface area contributed by atoms with E-state index in [4.69, 9.17) is 4.52 Å². The fourth-order valence-corrected chi connectivity index (χ4v) is 2.97. The molecule has 0 aliphatic heterocycles. The van der Waals surface area contributed by atoms with E-state index in [0.717, 1.165) is 61.0 Å². The molecule has 1 N–H and O–H groups in total. The number of unbranched alkanes of at least 4 members (excludes halogenated alkanes) is 1. The van der Waals surface area contributed by atoms with Gasteiger partial charge in [0, 0.05) is 30.9 Å². The lowest BCUT2D eigenvalue weighted by Gasteiger charge is -2.06. The monoisotopic (exact) mass is 327 g/mol. The number of imidazole rings is 2. The number of rotatable bonds is 8. The van der Waals surface area contributed by atoms with E-state index in [9.17, 15) is 0 Å². The van der Waals surface area contributed by atoms with Crippen molar-refractivity contribution in [2.24, 2.45) is 0 Å². The maximum absolute atomic E-state index is 5.23. The van der Waals surface area contributed by atoms with E-state index in [2.05, 4.69) is 31.6 Å². The summed E-state index contributed by atoms with van der Waals surface area (Å²) in [5.41, 5.74) is 3.20. The molecule has 0 spiro atoms. The van der Waals surface area contributed by atoms with Crippen LogP contribution >= 0.6 is 0 Å². The summed E-state index contributed by atoms with van der Waals surface area (Å²) >= 11 is 0. The summed E-state index contributed by atoms with van der Waals surface area (Å²) in [5, 5.41) is 4.02. The van der Waals surface area contributed by atoms with Gasteiger partial charge in [-0.25, -0.2) is 9.97 Å². The molecule has 0 aliphatic rings. The van der Waals surface area contributed by atoms with Crippen molar-refractivity contribution in [3.05, 3.63) is 41.4 Å². The summed E-state index contributed by atoms with van der Waals surface area (Å²) in [6.07, 6.45) is 11.0. The third-order valence-corrected chi connectivity index (χ3v) is 4.36. The van der Waals surface area contributed by atoms with Crippen LogP contribution in [-0.2, 0) is 19.4 Å². The fraction of sp³-hybridized carbons (Fsp3) is 0.500. The van der Waals surface area contributed by atoms with Crippen LogP contribution in [0.4, 0.5) is 0 Å². The molecule has 24 heavy (non-hydrogen) atoms. The highest BCUT2D eigenvalue weighted by atomic mass is 16.5. The zero-order valence-electron chi connectivity index (χ0n) is 14.7. The van der Waals surface area contributed by atoms with Gasteiger partial charge in [-0.3, -0.25) is 0 Å². The van der Waals surface area contributed by atoms with Gasteiger partial charge in [0.2, 0.25) is 0 Å². The number of H-pyrrole nitrogens is 1. The van der Waals surface area contributed by atoms with Crippen molar-refractivity contribution >= 4 is 0 Å². The van der Waals surface area contributed by atoms with E-state index in [1.807, 2.05) is 32.4 Å². The van der Waals surface area contributed by atoms with Crippen molar-refractivity contribution in [2.45, 2.75) is 59.4 Å². The minimum absolute atomic E-state index is 0.905. The van der Waals surface area contributed by atoms with Gasteiger partial charge in [0.15, 0.2) is 5.82 Å². The molecule has 128 valence electrons. The van der Waals surface area contributed by atoms with Gasteiger partial charge in [-0.05, 0) is 33.1 Å². The largest absolute Gasteiger partial charge is 0.361 e. The summed E-state index contributed by atoms with van der Waals surface area (Å²) in [6, 6.07) is 0. The SMILES string of the molecule is CCCCc1ncc(-c2nccn2CCCc2c(C)noc2C)[nH]1. The van der Waals surface area contributed by atoms with E-state index in [0.29, 0.717) is 0 Å². The first-order valence-electron chi connectivity index (χ1n) is 8.66. The Kier molecular flexibility index (Phi) is 5.13. The van der Waals surface area contributed by atoms with E-state index in [1.54, 1.807) is 0 Å². The molecular weight excluding hydrogens is 302 g/mol. The highest BCUT2D eigenvalue weighted by Gasteiger charge is 2.11. The van der Waals surface area contributed by atoms with Crippen LogP contribution in [0.25, 0.3) is 11.5 Å². The first kappa shape index (κ1) is 16.5. The number of aromatic nitrogens is 5. The van der Waals surface area contributed by atoms with Gasteiger partial charge in [-0.1, -0.05) is 18.5 Å². The van der Waals surface area contributed by atoms with Crippen LogP contribution in [0.1, 0.15) is 49.0 Å². The van der Waals surface area contributed by atoms with Gasteiger partial charge in [-0.2, -0.15) is 0 Å². The molecule has 3 rings (SSSR count). The summed E-state index contributed by atoms with van der Waals surface area (Å²) in [7, 11) is 0. The molecule has 6 heteroatoms. The van der Waals surface area contributed by atoms with Crippen LogP contribution in [0.5, 0.6) is 0 Å². The average Bonchev–Trinajstić information content (AvgIpc) is 3.28. The lowest BCUT2D eigenvalue weighted by atomic mass is 10.1. The quantitative estimate of drug-likeness (QED) is 0.682. The molecular formula is C18H25N5O. The second-order valence-corrected chi connectivity index (χ2v) is 6.20. The smallest absolute Gasteiger partial charge is 0.158 e. The lowest BCUT2D eigenvalue weighted by molar-refractivity contribution is 0.392. The average molecular weight is 327 g/mol. The standard InChI is InChI=1S/C18H25N5O/c1-4-5-8-17-20-12-16(21-17)18-19-9-11-23(18)10-6-7-15-13(2)22-24-14(15)3/h9,11-12H,4-8,10H2,1-3H3,(H,20,21). The molecule has 0 radical (unpaired) electrons. The lowest BCUT2D eigenvalue weighted by Crippen LogP contribution is -2.02. The predicted molar refractivity (Wildman–Crippen MR) is 92.7 cm³/mol. The summed E-state index contributed by atoms with van der Waals surface area (Å²) in [4.78, 5) is 12.4. The van der Waals surface area contributed by atoms with Gasteiger partial charge in [0.05, 0.1) is 11.9 Å². The zero-order chi connectivity index (χ0) is 16.9. The molecule has 3 aromatic heterocycles. The molecule has 0 aliphatic carbocycles. The molecule has 3 heterocycles. The van der Waals surface area contributed by atoms with E-state index in [1.165, 1.54) is 12.0 Å². The normalized spacial score (nSPS) is 11.3. The molecule has 0 atom stereocenters. The van der Waals surface area contributed by atoms with Crippen molar-refractivity contribution in [3.63, 3.8) is 0 Å². The number of aromatic amines is 1.